The number of hydrogen-bond acceptors (Lipinski definition) is 6. The molecule has 0 amide bonds. The van der Waals surface area contributed by atoms with E-state index < -0.39 is 5.56 Å². The fourth-order valence-electron chi connectivity index (χ4n) is 1.21. The molecule has 2 aromatic heterocycles. The fraction of sp³-hybridized carbons (Fsp3) is 0.100. The summed E-state index contributed by atoms with van der Waals surface area (Å²) in [5.41, 5.74) is 10.9. The van der Waals surface area contributed by atoms with E-state index in [0.717, 1.165) is 16.3 Å². The Morgan fingerprint density at radius 3 is 2.89 bits per heavy atom. The van der Waals surface area contributed by atoms with Gasteiger partial charge >= 0.3 is 0 Å². The average Bonchev–Trinajstić information content (AvgIpc) is 2.37. The lowest BCUT2D eigenvalue weighted by atomic mass is 10.5. The summed E-state index contributed by atoms with van der Waals surface area (Å²) in [4.78, 5) is 20.4. The molecule has 0 fully saturated rings. The Kier molecular flexibility index (Phi) is 3.07. The van der Waals surface area contributed by atoms with E-state index in [1.54, 1.807) is 6.07 Å². The maximum Gasteiger partial charge on any atom is 0.269 e. The molecule has 0 saturated carbocycles. The smallest absolute Gasteiger partial charge is 0.269 e. The monoisotopic (exact) mass is 284 g/mol. The summed E-state index contributed by atoms with van der Waals surface area (Å²) in [6, 6.07) is 1.62. The molecule has 2 heterocycles. The molecule has 0 aliphatic heterocycles. The van der Waals surface area contributed by atoms with Gasteiger partial charge in [-0.15, -0.1) is 0 Å². The Labute approximate surface area is 113 Å². The van der Waals surface area contributed by atoms with Gasteiger partial charge in [0.25, 0.3) is 5.56 Å². The van der Waals surface area contributed by atoms with Crippen LogP contribution in [0.2, 0.25) is 5.02 Å². The first kappa shape index (κ1) is 11.4. The predicted octanol–water partition coefficient (Wildman–Crippen LogP) is 1.14. The quantitative estimate of drug-likeness (QED) is 0.858. The van der Waals surface area contributed by atoms with Crippen LogP contribution < -0.4 is 17.0 Å². The third-order valence-electron chi connectivity index (χ3n) is 2.14. The molecule has 0 aliphatic rings. The van der Waals surface area contributed by atoms with E-state index in [-0.39, 0.29) is 27.9 Å². The van der Waals surface area contributed by atoms with Gasteiger partial charge in [0.05, 0.1) is 11.3 Å². The van der Waals surface area contributed by atoms with Crippen LogP contribution in [0.1, 0.15) is 1.37 Å². The minimum Gasteiger partial charge on any atom is -0.383 e. The first-order chi connectivity index (χ1) is 8.91. The Hall–Kier alpha value is -1.73. The molecule has 0 bridgehead atoms. The maximum absolute atomic E-state index is 12.0. The van der Waals surface area contributed by atoms with Gasteiger partial charge in [0.1, 0.15) is 17.9 Å². The molecule has 0 saturated heterocycles. The van der Waals surface area contributed by atoms with Gasteiger partial charge in [0.15, 0.2) is 0 Å². The van der Waals surface area contributed by atoms with Crippen LogP contribution in [0.5, 0.6) is 0 Å². The van der Waals surface area contributed by atoms with E-state index in [0.29, 0.717) is 4.90 Å². The summed E-state index contributed by atoms with van der Waals surface area (Å²) < 4.78 is 8.55. The van der Waals surface area contributed by atoms with Gasteiger partial charge in [0.2, 0.25) is 0 Å². The van der Waals surface area contributed by atoms with Crippen molar-refractivity contribution in [2.45, 2.75) is 9.79 Å². The summed E-state index contributed by atoms with van der Waals surface area (Å²) in [5.74, 6) is 0.164. The van der Waals surface area contributed by atoms with Crippen molar-refractivity contribution >= 4 is 35.0 Å². The molecule has 0 radical (unpaired) electrons. The molecule has 0 spiro atoms. The van der Waals surface area contributed by atoms with Crippen LogP contribution in [-0.4, -0.2) is 14.5 Å². The van der Waals surface area contributed by atoms with Crippen molar-refractivity contribution in [1.82, 2.24) is 14.5 Å². The highest BCUT2D eigenvalue weighted by Gasteiger charge is 2.13. The molecule has 0 aliphatic carbocycles. The van der Waals surface area contributed by atoms with Crippen LogP contribution in [-0.2, 0) is 7.05 Å². The minimum atomic E-state index is -0.408. The van der Waals surface area contributed by atoms with Gasteiger partial charge in [-0.3, -0.25) is 4.79 Å². The van der Waals surface area contributed by atoms with Crippen molar-refractivity contribution in [3.63, 3.8) is 0 Å². The number of aromatic nitrogens is 3. The molecule has 94 valence electrons. The SMILES string of the molecule is [2H]c1nc(N)c(Sc2ccnc(N)c2Cl)c(=O)n1C. The van der Waals surface area contributed by atoms with E-state index in [9.17, 15) is 4.79 Å². The van der Waals surface area contributed by atoms with E-state index in [2.05, 4.69) is 9.97 Å². The van der Waals surface area contributed by atoms with Gasteiger partial charge in [-0.2, -0.15) is 0 Å². The van der Waals surface area contributed by atoms with Crippen LogP contribution in [0.25, 0.3) is 0 Å². The van der Waals surface area contributed by atoms with Crippen molar-refractivity contribution in [2.75, 3.05) is 11.5 Å². The number of halogens is 1. The fourth-order valence-corrected chi connectivity index (χ4v) is 2.36. The molecular weight excluding hydrogens is 274 g/mol. The van der Waals surface area contributed by atoms with E-state index >= 15 is 0 Å². The van der Waals surface area contributed by atoms with Gasteiger partial charge in [-0.05, 0) is 6.07 Å². The molecule has 8 heteroatoms. The number of anilines is 2. The number of pyridine rings is 1. The number of hydrogen-bond donors (Lipinski definition) is 2. The molecule has 2 rings (SSSR count). The molecule has 18 heavy (non-hydrogen) atoms. The maximum atomic E-state index is 12.0. The lowest BCUT2D eigenvalue weighted by Gasteiger charge is -2.07. The van der Waals surface area contributed by atoms with E-state index in [4.69, 9.17) is 24.4 Å². The molecule has 6 nitrogen and oxygen atoms in total. The second-order valence-corrected chi connectivity index (χ2v) is 4.83. The van der Waals surface area contributed by atoms with E-state index in [1.807, 2.05) is 0 Å². The summed E-state index contributed by atoms with van der Waals surface area (Å²) >= 11 is 7.05. The van der Waals surface area contributed by atoms with Crippen LogP contribution >= 0.6 is 23.4 Å². The van der Waals surface area contributed by atoms with Gasteiger partial charge in [-0.25, -0.2) is 9.97 Å². The molecule has 2 aromatic rings. The van der Waals surface area contributed by atoms with Crippen LogP contribution in [0.4, 0.5) is 11.6 Å². The Balaban J connectivity index is 2.53. The molecule has 0 atom stereocenters. The zero-order valence-electron chi connectivity index (χ0n) is 10.3. The van der Waals surface area contributed by atoms with E-state index in [1.165, 1.54) is 13.2 Å². The summed E-state index contributed by atoms with van der Waals surface area (Å²) in [5, 5.41) is 0.254. The molecule has 4 N–H and O–H groups in total. The number of nitrogens with two attached hydrogens (primary N) is 2. The van der Waals surface area contributed by atoms with Crippen molar-refractivity contribution in [3.8, 4) is 0 Å². The van der Waals surface area contributed by atoms with Gasteiger partial charge in [0, 0.05) is 18.1 Å². The number of nitrogen functional groups attached to an aromatic ring is 2. The lowest BCUT2D eigenvalue weighted by Crippen LogP contribution is -2.20. The first-order valence-electron chi connectivity index (χ1n) is 5.32. The molecule has 0 aromatic carbocycles. The topological polar surface area (TPSA) is 99.8 Å². The summed E-state index contributed by atoms with van der Waals surface area (Å²) in [7, 11) is 1.45. The minimum absolute atomic E-state index is 0.00968. The third-order valence-corrected chi connectivity index (χ3v) is 3.80. The van der Waals surface area contributed by atoms with Crippen molar-refractivity contribution < 1.29 is 1.37 Å². The Morgan fingerprint density at radius 2 is 2.17 bits per heavy atom. The highest BCUT2D eigenvalue weighted by atomic mass is 35.5. The normalized spacial score (nSPS) is 11.3. The van der Waals surface area contributed by atoms with Crippen LogP contribution in [0.15, 0.2) is 33.2 Å². The molecule has 0 unspecified atom stereocenters. The zero-order chi connectivity index (χ0) is 14.2. The van der Waals surface area contributed by atoms with Crippen LogP contribution in [0.3, 0.4) is 0 Å². The van der Waals surface area contributed by atoms with Gasteiger partial charge < -0.3 is 16.0 Å². The van der Waals surface area contributed by atoms with Crippen molar-refractivity contribution in [1.29, 1.82) is 0 Å². The third kappa shape index (κ3) is 2.27. The van der Waals surface area contributed by atoms with Crippen molar-refractivity contribution in [2.24, 2.45) is 7.05 Å². The second kappa shape index (κ2) is 4.87. The lowest BCUT2D eigenvalue weighted by molar-refractivity contribution is 0.798. The highest BCUT2D eigenvalue weighted by Crippen LogP contribution is 2.35. The van der Waals surface area contributed by atoms with Crippen molar-refractivity contribution in [3.05, 3.63) is 33.9 Å². The highest BCUT2D eigenvalue weighted by molar-refractivity contribution is 7.99. The first-order valence-corrected chi connectivity index (χ1v) is 6.02. The molecular formula is C10H10ClN5OS. The summed E-state index contributed by atoms with van der Waals surface area (Å²) in [6.45, 7) is 0. The number of rotatable bonds is 2. The average molecular weight is 285 g/mol. The Morgan fingerprint density at radius 1 is 1.44 bits per heavy atom. The van der Waals surface area contributed by atoms with Crippen LogP contribution in [0, 0.1) is 0 Å². The zero-order valence-corrected chi connectivity index (χ0v) is 10.9. The second-order valence-electron chi connectivity index (χ2n) is 3.40. The Bertz CT molecular complexity index is 705. The number of nitrogens with zero attached hydrogens (tertiary/aromatic N) is 3. The predicted molar refractivity (Wildman–Crippen MR) is 71.7 cm³/mol. The summed E-state index contributed by atoms with van der Waals surface area (Å²) in [6.07, 6.45) is 1.28. The standard InChI is InChI=1S/C10H10ClN5OS/c1-16-4-15-9(13)7(10(16)17)18-5-2-3-14-8(12)6(5)11/h2-4H,13H2,1H3,(H2,12,14)/i4D. The largest absolute Gasteiger partial charge is 0.383 e. The van der Waals surface area contributed by atoms with Gasteiger partial charge in [-0.1, -0.05) is 23.4 Å².